The molecule has 0 bridgehead atoms. The number of carbonyl (C=O) groups is 1. The number of ketones is 1. The zero-order chi connectivity index (χ0) is 11.8. The first-order valence-corrected chi connectivity index (χ1v) is 6.87. The first kappa shape index (κ1) is 12.1. The van der Waals surface area contributed by atoms with Gasteiger partial charge in [-0.3, -0.25) is 9.69 Å². The van der Waals surface area contributed by atoms with Crippen molar-refractivity contribution in [1.29, 1.82) is 0 Å². The molecule has 0 aromatic carbocycles. The number of hydrogen-bond donors (Lipinski definition) is 0. The zero-order valence-electron chi connectivity index (χ0n) is 11.0. The molecule has 1 heterocycles. The molecule has 0 N–H and O–H groups in total. The molecule has 0 radical (unpaired) electrons. The van der Waals surface area contributed by atoms with Crippen LogP contribution in [-0.2, 0) is 4.79 Å². The van der Waals surface area contributed by atoms with Crippen molar-refractivity contribution < 1.29 is 4.79 Å². The van der Waals surface area contributed by atoms with Gasteiger partial charge in [-0.2, -0.15) is 0 Å². The number of rotatable bonds is 2. The summed E-state index contributed by atoms with van der Waals surface area (Å²) in [4.78, 5) is 14.8. The predicted octanol–water partition coefficient (Wildman–Crippen LogP) is 2.87. The van der Waals surface area contributed by atoms with Gasteiger partial charge in [0.2, 0.25) is 0 Å². The molecule has 16 heavy (non-hydrogen) atoms. The van der Waals surface area contributed by atoms with Gasteiger partial charge in [-0.1, -0.05) is 20.8 Å². The Bertz CT molecular complexity index is 264. The lowest BCUT2D eigenvalue weighted by Crippen LogP contribution is -2.53. The Morgan fingerprint density at radius 1 is 1.31 bits per heavy atom. The van der Waals surface area contributed by atoms with Gasteiger partial charge in [0.15, 0.2) is 5.78 Å². The summed E-state index contributed by atoms with van der Waals surface area (Å²) in [5.41, 5.74) is -0.0624. The average molecular weight is 223 g/mol. The summed E-state index contributed by atoms with van der Waals surface area (Å²) in [7, 11) is 0. The van der Waals surface area contributed by atoms with Crippen LogP contribution >= 0.6 is 0 Å². The molecule has 2 aliphatic rings. The van der Waals surface area contributed by atoms with Crippen LogP contribution in [0.15, 0.2) is 0 Å². The summed E-state index contributed by atoms with van der Waals surface area (Å²) >= 11 is 0. The Hall–Kier alpha value is -0.370. The molecular formula is C14H25NO. The minimum absolute atomic E-state index is 0.0624. The third-order valence-electron chi connectivity index (χ3n) is 4.40. The third kappa shape index (κ3) is 1.92. The fraction of sp³-hybridized carbons (Fsp3) is 0.929. The summed E-state index contributed by atoms with van der Waals surface area (Å²) in [5.74, 6) is 1.95. The van der Waals surface area contributed by atoms with Gasteiger partial charge in [0.1, 0.15) is 0 Å². The van der Waals surface area contributed by atoms with Crippen LogP contribution in [0.2, 0.25) is 0 Å². The van der Waals surface area contributed by atoms with Crippen molar-refractivity contribution in [1.82, 2.24) is 4.90 Å². The number of hydrogen-bond acceptors (Lipinski definition) is 2. The lowest BCUT2D eigenvalue weighted by Gasteiger charge is -2.44. The first-order valence-electron chi connectivity index (χ1n) is 6.87. The Kier molecular flexibility index (Phi) is 3.39. The van der Waals surface area contributed by atoms with Crippen molar-refractivity contribution in [3.63, 3.8) is 0 Å². The molecule has 1 saturated carbocycles. The van der Waals surface area contributed by atoms with Crippen molar-refractivity contribution in [3.05, 3.63) is 0 Å². The van der Waals surface area contributed by atoms with Gasteiger partial charge in [0.25, 0.3) is 0 Å². The van der Waals surface area contributed by atoms with Gasteiger partial charge >= 0.3 is 0 Å². The molecule has 1 spiro atoms. The lowest BCUT2D eigenvalue weighted by molar-refractivity contribution is -0.128. The molecule has 2 atom stereocenters. The quantitative estimate of drug-likeness (QED) is 0.717. The van der Waals surface area contributed by atoms with Crippen molar-refractivity contribution in [2.75, 3.05) is 13.1 Å². The molecule has 2 nitrogen and oxygen atoms in total. The van der Waals surface area contributed by atoms with Gasteiger partial charge in [-0.05, 0) is 44.1 Å². The number of carbonyl (C=O) groups excluding carboxylic acids is 1. The Labute approximate surface area is 99.4 Å². The maximum Gasteiger partial charge on any atom is 0.154 e. The van der Waals surface area contributed by atoms with Gasteiger partial charge in [0, 0.05) is 13.0 Å². The van der Waals surface area contributed by atoms with E-state index in [-0.39, 0.29) is 5.54 Å². The van der Waals surface area contributed by atoms with Crippen LogP contribution in [0.3, 0.4) is 0 Å². The molecule has 1 aliphatic heterocycles. The Morgan fingerprint density at radius 2 is 1.94 bits per heavy atom. The minimum Gasteiger partial charge on any atom is -0.298 e. The molecule has 2 rings (SSSR count). The largest absolute Gasteiger partial charge is 0.298 e. The van der Waals surface area contributed by atoms with Crippen molar-refractivity contribution in [3.8, 4) is 0 Å². The van der Waals surface area contributed by atoms with E-state index in [1.165, 1.54) is 6.42 Å². The molecule has 0 aromatic heterocycles. The fourth-order valence-corrected chi connectivity index (χ4v) is 4.03. The molecule has 1 aliphatic carbocycles. The number of likely N-dealkylation sites (tertiary alicyclic amines) is 1. The summed E-state index contributed by atoms with van der Waals surface area (Å²) in [5, 5.41) is 0. The normalized spacial score (nSPS) is 40.8. The van der Waals surface area contributed by atoms with Crippen molar-refractivity contribution >= 4 is 5.78 Å². The van der Waals surface area contributed by atoms with Gasteiger partial charge in [0.05, 0.1) is 5.54 Å². The predicted molar refractivity (Wildman–Crippen MR) is 66.4 cm³/mol. The second kappa shape index (κ2) is 4.48. The van der Waals surface area contributed by atoms with Crippen molar-refractivity contribution in [2.45, 2.75) is 58.4 Å². The Morgan fingerprint density at radius 3 is 2.50 bits per heavy atom. The zero-order valence-corrected chi connectivity index (χ0v) is 11.0. The second-order valence-corrected chi connectivity index (χ2v) is 6.05. The van der Waals surface area contributed by atoms with Gasteiger partial charge in [-0.15, -0.1) is 0 Å². The fourth-order valence-electron chi connectivity index (χ4n) is 4.03. The van der Waals surface area contributed by atoms with Gasteiger partial charge < -0.3 is 0 Å². The van der Waals surface area contributed by atoms with E-state index in [1.807, 2.05) is 0 Å². The SMILES string of the molecule is CCCN1CCC(=O)C12CC(C)CC(C)C2. The van der Waals surface area contributed by atoms with Crippen molar-refractivity contribution in [2.24, 2.45) is 11.8 Å². The van der Waals surface area contributed by atoms with E-state index in [4.69, 9.17) is 0 Å². The first-order chi connectivity index (χ1) is 7.58. The summed E-state index contributed by atoms with van der Waals surface area (Å²) in [6.45, 7) is 8.95. The van der Waals surface area contributed by atoms with E-state index in [0.29, 0.717) is 17.6 Å². The van der Waals surface area contributed by atoms with Crippen LogP contribution in [-0.4, -0.2) is 29.3 Å². The smallest absolute Gasteiger partial charge is 0.154 e. The number of nitrogens with zero attached hydrogens (tertiary/aromatic N) is 1. The molecule has 2 fully saturated rings. The summed E-state index contributed by atoms with van der Waals surface area (Å²) in [6, 6.07) is 0. The van der Waals surface area contributed by atoms with E-state index in [0.717, 1.165) is 38.8 Å². The van der Waals surface area contributed by atoms with Crippen LogP contribution < -0.4 is 0 Å². The van der Waals surface area contributed by atoms with Gasteiger partial charge in [-0.25, -0.2) is 0 Å². The highest BCUT2D eigenvalue weighted by molar-refractivity contribution is 5.90. The maximum absolute atomic E-state index is 12.3. The highest BCUT2D eigenvalue weighted by Crippen LogP contribution is 2.43. The second-order valence-electron chi connectivity index (χ2n) is 6.05. The summed E-state index contributed by atoms with van der Waals surface area (Å²) in [6.07, 6.45) is 5.47. The van der Waals surface area contributed by atoms with E-state index in [9.17, 15) is 4.79 Å². The van der Waals surface area contributed by atoms with Crippen LogP contribution in [0.5, 0.6) is 0 Å². The van der Waals surface area contributed by atoms with Crippen LogP contribution in [0, 0.1) is 11.8 Å². The maximum atomic E-state index is 12.3. The Balaban J connectivity index is 2.21. The topological polar surface area (TPSA) is 20.3 Å². The van der Waals surface area contributed by atoms with E-state index >= 15 is 0 Å². The summed E-state index contributed by atoms with van der Waals surface area (Å²) < 4.78 is 0. The molecule has 2 heteroatoms. The minimum atomic E-state index is -0.0624. The monoisotopic (exact) mass is 223 g/mol. The highest BCUT2D eigenvalue weighted by atomic mass is 16.1. The molecular weight excluding hydrogens is 198 g/mol. The average Bonchev–Trinajstić information content (AvgIpc) is 2.46. The highest BCUT2D eigenvalue weighted by Gasteiger charge is 2.50. The van der Waals surface area contributed by atoms with Crippen LogP contribution in [0.25, 0.3) is 0 Å². The van der Waals surface area contributed by atoms with Crippen LogP contribution in [0.1, 0.15) is 52.9 Å². The molecule has 0 amide bonds. The van der Waals surface area contributed by atoms with E-state index in [2.05, 4.69) is 25.7 Å². The van der Waals surface area contributed by atoms with E-state index < -0.39 is 0 Å². The standard InChI is InChI=1S/C14H25NO/c1-4-6-15-7-5-13(16)14(15)9-11(2)8-12(3)10-14/h11-12H,4-10H2,1-3H3. The molecule has 0 aromatic rings. The van der Waals surface area contributed by atoms with Crippen LogP contribution in [0.4, 0.5) is 0 Å². The molecule has 1 saturated heterocycles. The lowest BCUT2D eigenvalue weighted by atomic mass is 9.70. The third-order valence-corrected chi connectivity index (χ3v) is 4.40. The molecule has 2 unspecified atom stereocenters. The van der Waals surface area contributed by atoms with E-state index in [1.54, 1.807) is 0 Å². The number of Topliss-reactive ketones (excluding diaryl/α,β-unsaturated/α-hetero) is 1. The molecule has 92 valence electrons.